The Bertz CT molecular complexity index is 615. The van der Waals surface area contributed by atoms with E-state index in [1.54, 1.807) is 37.4 Å². The monoisotopic (exact) mass is 268 g/mol. The van der Waals surface area contributed by atoms with Gasteiger partial charge in [0.05, 0.1) is 12.7 Å². The van der Waals surface area contributed by atoms with Gasteiger partial charge in [-0.1, -0.05) is 36.4 Å². The number of carbonyl (C=O) groups is 1. The number of carbonyl (C=O) groups excluding carboxylic acids is 1. The number of hydrogen-bond acceptors (Lipinski definition) is 3. The highest BCUT2D eigenvalue weighted by Crippen LogP contribution is 2.29. The smallest absolute Gasteiger partial charge is 0.343 e. The van der Waals surface area contributed by atoms with E-state index in [9.17, 15) is 4.79 Å². The predicted molar refractivity (Wildman–Crippen MR) is 79.1 cm³/mol. The van der Waals surface area contributed by atoms with Gasteiger partial charge in [0.15, 0.2) is 11.5 Å². The fourth-order valence-corrected chi connectivity index (χ4v) is 1.80. The predicted octanol–water partition coefficient (Wildman–Crippen LogP) is 3.95. The first-order valence-corrected chi connectivity index (χ1v) is 6.32. The van der Waals surface area contributed by atoms with E-state index in [-0.39, 0.29) is 0 Å². The van der Waals surface area contributed by atoms with Crippen molar-refractivity contribution >= 4 is 12.0 Å². The molecule has 2 rings (SSSR count). The van der Waals surface area contributed by atoms with Crippen LogP contribution in [0, 0.1) is 0 Å². The van der Waals surface area contributed by atoms with Gasteiger partial charge < -0.3 is 9.47 Å². The van der Waals surface area contributed by atoms with Gasteiger partial charge in [-0.3, -0.25) is 0 Å². The van der Waals surface area contributed by atoms with Crippen molar-refractivity contribution in [3.63, 3.8) is 0 Å². The molecule has 3 nitrogen and oxygen atoms in total. The molecule has 3 heteroatoms. The van der Waals surface area contributed by atoms with Crippen LogP contribution in [-0.2, 0) is 0 Å². The molecule has 0 aromatic heterocycles. The average molecular weight is 268 g/mol. The van der Waals surface area contributed by atoms with Crippen LogP contribution in [0.25, 0.3) is 6.08 Å². The van der Waals surface area contributed by atoms with Gasteiger partial charge in [0.25, 0.3) is 0 Å². The molecule has 2 aromatic carbocycles. The topological polar surface area (TPSA) is 35.5 Å². The van der Waals surface area contributed by atoms with E-state index in [1.165, 1.54) is 0 Å². The molecular weight excluding hydrogens is 252 g/mol. The van der Waals surface area contributed by atoms with Gasteiger partial charge in [0, 0.05) is 0 Å². The van der Waals surface area contributed by atoms with Crippen molar-refractivity contribution in [2.45, 2.75) is 6.92 Å². The van der Waals surface area contributed by atoms with Gasteiger partial charge in [0.1, 0.15) is 0 Å². The number of esters is 1. The third kappa shape index (κ3) is 3.26. The number of methoxy groups -OCH3 is 1. The zero-order valence-electron chi connectivity index (χ0n) is 11.5. The highest BCUT2D eigenvalue weighted by molar-refractivity contribution is 5.91. The Hall–Kier alpha value is -2.55. The van der Waals surface area contributed by atoms with Gasteiger partial charge >= 0.3 is 5.97 Å². The summed E-state index contributed by atoms with van der Waals surface area (Å²) in [6, 6.07) is 14.3. The van der Waals surface area contributed by atoms with Gasteiger partial charge in [-0.05, 0) is 36.8 Å². The van der Waals surface area contributed by atoms with Crippen LogP contribution in [0.2, 0.25) is 0 Å². The summed E-state index contributed by atoms with van der Waals surface area (Å²) in [7, 11) is 1.55. The minimum atomic E-state index is -0.400. The zero-order valence-corrected chi connectivity index (χ0v) is 11.5. The number of ether oxygens (including phenoxy) is 2. The zero-order chi connectivity index (χ0) is 14.4. The molecule has 20 heavy (non-hydrogen) atoms. The van der Waals surface area contributed by atoms with E-state index in [0.29, 0.717) is 17.1 Å². The van der Waals surface area contributed by atoms with Crippen molar-refractivity contribution in [1.82, 2.24) is 0 Å². The van der Waals surface area contributed by atoms with Crippen molar-refractivity contribution in [2.24, 2.45) is 0 Å². The molecule has 0 amide bonds. The number of rotatable bonds is 4. The van der Waals surface area contributed by atoms with Crippen LogP contribution < -0.4 is 9.47 Å². The molecule has 0 atom stereocenters. The first-order chi connectivity index (χ1) is 9.74. The summed E-state index contributed by atoms with van der Waals surface area (Å²) in [6.07, 6.45) is 3.88. The molecule has 0 fully saturated rings. The highest BCUT2D eigenvalue weighted by atomic mass is 16.6. The second kappa shape index (κ2) is 6.57. The van der Waals surface area contributed by atoms with Crippen molar-refractivity contribution in [1.29, 1.82) is 0 Å². The molecule has 0 unspecified atom stereocenters. The van der Waals surface area contributed by atoms with Crippen LogP contribution in [0.1, 0.15) is 22.8 Å². The lowest BCUT2D eigenvalue weighted by Gasteiger charge is -2.10. The molecule has 0 spiro atoms. The first-order valence-electron chi connectivity index (χ1n) is 6.32. The van der Waals surface area contributed by atoms with Crippen LogP contribution in [0.4, 0.5) is 0 Å². The van der Waals surface area contributed by atoms with Crippen molar-refractivity contribution < 1.29 is 14.3 Å². The molecule has 0 N–H and O–H groups in total. The summed E-state index contributed by atoms with van der Waals surface area (Å²) in [5, 5.41) is 0. The van der Waals surface area contributed by atoms with Gasteiger partial charge in [0.2, 0.25) is 0 Å². The van der Waals surface area contributed by atoms with Crippen LogP contribution in [0.15, 0.2) is 54.6 Å². The third-order valence-corrected chi connectivity index (χ3v) is 2.76. The Labute approximate surface area is 118 Å². The lowest BCUT2D eigenvalue weighted by molar-refractivity contribution is 0.0729. The second-order valence-corrected chi connectivity index (χ2v) is 4.17. The summed E-state index contributed by atoms with van der Waals surface area (Å²) in [4.78, 5) is 12.0. The Morgan fingerprint density at radius 3 is 2.45 bits per heavy atom. The van der Waals surface area contributed by atoms with E-state index in [2.05, 4.69) is 0 Å². The second-order valence-electron chi connectivity index (χ2n) is 4.17. The molecule has 102 valence electrons. The SMILES string of the molecule is C/C=C/c1ccc(OC(=O)c2ccccc2)c(OC)c1. The number of benzene rings is 2. The quantitative estimate of drug-likeness (QED) is 0.622. The van der Waals surface area contributed by atoms with Crippen molar-refractivity contribution in [3.8, 4) is 11.5 Å². The largest absolute Gasteiger partial charge is 0.493 e. The average Bonchev–Trinajstić information content (AvgIpc) is 2.50. The van der Waals surface area contributed by atoms with Crippen LogP contribution in [0.3, 0.4) is 0 Å². The fraction of sp³-hybridized carbons (Fsp3) is 0.118. The lowest BCUT2D eigenvalue weighted by atomic mass is 10.2. The molecule has 0 aliphatic rings. The summed E-state index contributed by atoms with van der Waals surface area (Å²) in [5.41, 5.74) is 1.50. The third-order valence-electron chi connectivity index (χ3n) is 2.76. The normalized spacial score (nSPS) is 10.5. The van der Waals surface area contributed by atoms with Crippen LogP contribution in [-0.4, -0.2) is 13.1 Å². The molecule has 0 bridgehead atoms. The Kier molecular flexibility index (Phi) is 4.56. The van der Waals surface area contributed by atoms with Gasteiger partial charge in [-0.25, -0.2) is 4.79 Å². The first kappa shape index (κ1) is 13.9. The van der Waals surface area contributed by atoms with E-state index < -0.39 is 5.97 Å². The summed E-state index contributed by atoms with van der Waals surface area (Å²) < 4.78 is 10.6. The summed E-state index contributed by atoms with van der Waals surface area (Å²) in [5.74, 6) is 0.544. The molecular formula is C17H16O3. The molecule has 0 aliphatic heterocycles. The van der Waals surface area contributed by atoms with E-state index in [0.717, 1.165) is 5.56 Å². The van der Waals surface area contributed by atoms with E-state index in [4.69, 9.17) is 9.47 Å². The number of allylic oxidation sites excluding steroid dienone is 1. The molecule has 0 saturated carbocycles. The summed E-state index contributed by atoms with van der Waals surface area (Å²) in [6.45, 7) is 1.94. The summed E-state index contributed by atoms with van der Waals surface area (Å²) >= 11 is 0. The standard InChI is InChI=1S/C17H16O3/c1-3-7-13-10-11-15(16(12-13)19-2)20-17(18)14-8-5-4-6-9-14/h3-12H,1-2H3/b7-3+. The molecule has 0 radical (unpaired) electrons. The Morgan fingerprint density at radius 2 is 1.80 bits per heavy atom. The molecule has 0 heterocycles. The molecule has 2 aromatic rings. The number of hydrogen-bond donors (Lipinski definition) is 0. The maximum atomic E-state index is 12.0. The Balaban J connectivity index is 2.23. The maximum absolute atomic E-state index is 12.0. The Morgan fingerprint density at radius 1 is 1.05 bits per heavy atom. The van der Waals surface area contributed by atoms with Crippen molar-refractivity contribution in [2.75, 3.05) is 7.11 Å². The van der Waals surface area contributed by atoms with Crippen molar-refractivity contribution in [3.05, 3.63) is 65.7 Å². The fourth-order valence-electron chi connectivity index (χ4n) is 1.80. The maximum Gasteiger partial charge on any atom is 0.343 e. The van der Waals surface area contributed by atoms with Gasteiger partial charge in [-0.2, -0.15) is 0 Å². The molecule has 0 aliphatic carbocycles. The lowest BCUT2D eigenvalue weighted by Crippen LogP contribution is -2.09. The minimum absolute atomic E-state index is 0.400. The van der Waals surface area contributed by atoms with Crippen LogP contribution in [0.5, 0.6) is 11.5 Å². The highest BCUT2D eigenvalue weighted by Gasteiger charge is 2.12. The van der Waals surface area contributed by atoms with E-state index >= 15 is 0 Å². The van der Waals surface area contributed by atoms with Crippen LogP contribution >= 0.6 is 0 Å². The van der Waals surface area contributed by atoms with E-state index in [1.807, 2.05) is 37.3 Å². The molecule has 0 saturated heterocycles. The minimum Gasteiger partial charge on any atom is -0.493 e. The van der Waals surface area contributed by atoms with Gasteiger partial charge in [-0.15, -0.1) is 0 Å².